The van der Waals surface area contributed by atoms with Crippen molar-refractivity contribution >= 4 is 5.97 Å². The zero-order valence-electron chi connectivity index (χ0n) is 9.59. The smallest absolute Gasteiger partial charge is 0.310 e. The molecular weight excluding hydrogens is 178 g/mol. The van der Waals surface area contributed by atoms with Gasteiger partial charge in [-0.15, -0.1) is 6.58 Å². The van der Waals surface area contributed by atoms with Crippen molar-refractivity contribution < 1.29 is 9.53 Å². The molecule has 0 radical (unpaired) electrons. The van der Waals surface area contributed by atoms with E-state index in [4.69, 9.17) is 4.74 Å². The minimum Gasteiger partial charge on any atom is -0.460 e. The van der Waals surface area contributed by atoms with Crippen LogP contribution in [0.4, 0.5) is 0 Å². The van der Waals surface area contributed by atoms with Gasteiger partial charge in [-0.1, -0.05) is 13.0 Å². The van der Waals surface area contributed by atoms with Gasteiger partial charge in [-0.3, -0.25) is 4.79 Å². The molecule has 0 heterocycles. The van der Waals surface area contributed by atoms with E-state index in [9.17, 15) is 4.79 Å². The topological polar surface area (TPSA) is 38.3 Å². The first-order valence-corrected chi connectivity index (χ1v) is 4.91. The lowest BCUT2D eigenvalue weighted by molar-refractivity contribution is -0.159. The van der Waals surface area contributed by atoms with Gasteiger partial charge in [0.15, 0.2) is 0 Å². The Hall–Kier alpha value is -0.830. The summed E-state index contributed by atoms with van der Waals surface area (Å²) in [5, 5.41) is 3.08. The van der Waals surface area contributed by atoms with Crippen LogP contribution in [0.5, 0.6) is 0 Å². The van der Waals surface area contributed by atoms with Gasteiger partial charge in [-0.05, 0) is 20.8 Å². The zero-order valence-corrected chi connectivity index (χ0v) is 9.59. The summed E-state index contributed by atoms with van der Waals surface area (Å²) in [6.45, 7) is 12.4. The van der Waals surface area contributed by atoms with Gasteiger partial charge in [0.05, 0.1) is 5.92 Å². The van der Waals surface area contributed by atoms with Gasteiger partial charge in [0.1, 0.15) is 5.60 Å². The van der Waals surface area contributed by atoms with Gasteiger partial charge in [0.2, 0.25) is 0 Å². The molecule has 0 aromatic carbocycles. The number of hydrogen-bond donors (Lipinski definition) is 1. The number of ether oxygens (including phenoxy) is 1. The third-order valence-corrected chi connectivity index (χ3v) is 1.55. The highest BCUT2D eigenvalue weighted by Gasteiger charge is 2.20. The van der Waals surface area contributed by atoms with Gasteiger partial charge in [0, 0.05) is 13.1 Å². The normalized spacial score (nSPS) is 13.4. The second-order valence-electron chi connectivity index (χ2n) is 4.38. The average Bonchev–Trinajstić information content (AvgIpc) is 2.01. The van der Waals surface area contributed by atoms with Crippen molar-refractivity contribution in [3.8, 4) is 0 Å². The van der Waals surface area contributed by atoms with E-state index < -0.39 is 5.60 Å². The SMILES string of the molecule is C=CCNCC(C)C(=O)OC(C)(C)C. The summed E-state index contributed by atoms with van der Waals surface area (Å²) >= 11 is 0. The largest absolute Gasteiger partial charge is 0.460 e. The van der Waals surface area contributed by atoms with Crippen LogP contribution in [0.25, 0.3) is 0 Å². The molecular formula is C11H21NO2. The molecule has 0 amide bonds. The Morgan fingerprint density at radius 3 is 2.57 bits per heavy atom. The molecule has 0 aliphatic carbocycles. The van der Waals surface area contributed by atoms with Crippen LogP contribution in [-0.4, -0.2) is 24.7 Å². The molecule has 3 heteroatoms. The molecule has 0 aliphatic heterocycles. The summed E-state index contributed by atoms with van der Waals surface area (Å²) in [6, 6.07) is 0. The van der Waals surface area contributed by atoms with Crippen LogP contribution in [-0.2, 0) is 9.53 Å². The molecule has 1 atom stereocenters. The van der Waals surface area contributed by atoms with Gasteiger partial charge in [-0.2, -0.15) is 0 Å². The molecule has 0 bridgehead atoms. The summed E-state index contributed by atoms with van der Waals surface area (Å²) in [4.78, 5) is 11.5. The first-order chi connectivity index (χ1) is 6.37. The van der Waals surface area contributed by atoms with Crippen LogP contribution in [0.1, 0.15) is 27.7 Å². The van der Waals surface area contributed by atoms with Crippen molar-refractivity contribution in [1.82, 2.24) is 5.32 Å². The first kappa shape index (κ1) is 13.2. The maximum absolute atomic E-state index is 11.5. The van der Waals surface area contributed by atoms with Crippen LogP contribution in [0, 0.1) is 5.92 Å². The second-order valence-corrected chi connectivity index (χ2v) is 4.38. The van der Waals surface area contributed by atoms with Crippen molar-refractivity contribution in [2.24, 2.45) is 5.92 Å². The van der Waals surface area contributed by atoms with E-state index in [1.54, 1.807) is 6.08 Å². The van der Waals surface area contributed by atoms with Crippen LogP contribution in [0.2, 0.25) is 0 Å². The number of nitrogens with one attached hydrogen (secondary N) is 1. The fourth-order valence-corrected chi connectivity index (χ4v) is 0.888. The lowest BCUT2D eigenvalue weighted by atomic mass is 10.1. The predicted molar refractivity (Wildman–Crippen MR) is 58.1 cm³/mol. The van der Waals surface area contributed by atoms with Crippen LogP contribution in [0.3, 0.4) is 0 Å². The van der Waals surface area contributed by atoms with Gasteiger partial charge < -0.3 is 10.1 Å². The van der Waals surface area contributed by atoms with Crippen molar-refractivity contribution in [3.63, 3.8) is 0 Å². The van der Waals surface area contributed by atoms with Crippen molar-refractivity contribution in [3.05, 3.63) is 12.7 Å². The Kier molecular flexibility index (Phi) is 5.46. The number of carbonyl (C=O) groups is 1. The van der Waals surface area contributed by atoms with Crippen LogP contribution >= 0.6 is 0 Å². The quantitative estimate of drug-likeness (QED) is 0.416. The molecule has 82 valence electrons. The second kappa shape index (κ2) is 5.81. The number of hydrogen-bond acceptors (Lipinski definition) is 3. The molecule has 0 spiro atoms. The highest BCUT2D eigenvalue weighted by molar-refractivity contribution is 5.72. The van der Waals surface area contributed by atoms with E-state index in [2.05, 4.69) is 11.9 Å². The highest BCUT2D eigenvalue weighted by atomic mass is 16.6. The maximum Gasteiger partial charge on any atom is 0.310 e. The zero-order chi connectivity index (χ0) is 11.2. The molecule has 1 N–H and O–H groups in total. The van der Waals surface area contributed by atoms with Crippen LogP contribution in [0.15, 0.2) is 12.7 Å². The molecule has 3 nitrogen and oxygen atoms in total. The van der Waals surface area contributed by atoms with E-state index in [0.29, 0.717) is 13.1 Å². The van der Waals surface area contributed by atoms with E-state index in [-0.39, 0.29) is 11.9 Å². The molecule has 0 fully saturated rings. The lowest BCUT2D eigenvalue weighted by Gasteiger charge is -2.22. The summed E-state index contributed by atoms with van der Waals surface area (Å²) in [5.41, 5.74) is -0.399. The van der Waals surface area contributed by atoms with E-state index in [0.717, 1.165) is 0 Å². The highest BCUT2D eigenvalue weighted by Crippen LogP contribution is 2.10. The third kappa shape index (κ3) is 6.66. The Labute approximate surface area is 86.5 Å². The maximum atomic E-state index is 11.5. The Bertz CT molecular complexity index is 194. The molecule has 1 unspecified atom stereocenters. The fraction of sp³-hybridized carbons (Fsp3) is 0.727. The van der Waals surface area contributed by atoms with Gasteiger partial charge in [-0.25, -0.2) is 0 Å². The minimum absolute atomic E-state index is 0.117. The fourth-order valence-electron chi connectivity index (χ4n) is 0.888. The molecule has 0 aliphatic rings. The summed E-state index contributed by atoms with van der Waals surface area (Å²) < 4.78 is 5.23. The molecule has 0 saturated carbocycles. The molecule has 14 heavy (non-hydrogen) atoms. The van der Waals surface area contributed by atoms with Crippen molar-refractivity contribution in [2.75, 3.05) is 13.1 Å². The van der Waals surface area contributed by atoms with Gasteiger partial charge >= 0.3 is 5.97 Å². The number of rotatable bonds is 5. The number of esters is 1. The van der Waals surface area contributed by atoms with Crippen LogP contribution < -0.4 is 5.32 Å². The predicted octanol–water partition coefficient (Wildman–Crippen LogP) is 1.74. The van der Waals surface area contributed by atoms with Crippen molar-refractivity contribution in [2.45, 2.75) is 33.3 Å². The number of carbonyl (C=O) groups excluding carboxylic acids is 1. The van der Waals surface area contributed by atoms with E-state index >= 15 is 0 Å². The Balaban J connectivity index is 3.82. The Morgan fingerprint density at radius 2 is 2.14 bits per heavy atom. The van der Waals surface area contributed by atoms with E-state index in [1.165, 1.54) is 0 Å². The van der Waals surface area contributed by atoms with Gasteiger partial charge in [0.25, 0.3) is 0 Å². The monoisotopic (exact) mass is 199 g/mol. The molecule has 0 aromatic rings. The summed E-state index contributed by atoms with van der Waals surface area (Å²) in [6.07, 6.45) is 1.77. The minimum atomic E-state index is -0.399. The summed E-state index contributed by atoms with van der Waals surface area (Å²) in [7, 11) is 0. The summed E-state index contributed by atoms with van der Waals surface area (Å²) in [5.74, 6) is -0.275. The third-order valence-electron chi connectivity index (χ3n) is 1.55. The van der Waals surface area contributed by atoms with E-state index in [1.807, 2.05) is 27.7 Å². The standard InChI is InChI=1S/C11H21NO2/c1-6-7-12-8-9(2)10(13)14-11(3,4)5/h6,9,12H,1,7-8H2,2-5H3. The van der Waals surface area contributed by atoms with Crippen molar-refractivity contribution in [1.29, 1.82) is 0 Å². The average molecular weight is 199 g/mol. The Morgan fingerprint density at radius 1 is 1.57 bits per heavy atom. The lowest BCUT2D eigenvalue weighted by Crippen LogP contribution is -2.33. The molecule has 0 aromatic heterocycles. The molecule has 0 saturated heterocycles. The molecule has 0 rings (SSSR count). The first-order valence-electron chi connectivity index (χ1n) is 4.91.